The second-order valence-corrected chi connectivity index (χ2v) is 26.8. The van der Waals surface area contributed by atoms with Gasteiger partial charge in [-0.2, -0.15) is 0 Å². The number of aliphatic hydroxyl groups excluding tert-OH is 5. The maximum absolute atomic E-state index is 13.5. The zero-order chi connectivity index (χ0) is 62.4. The predicted octanol–water partition coefficient (Wildman–Crippen LogP) is 19.8. The van der Waals surface area contributed by atoms with Crippen molar-refractivity contribution in [2.45, 2.75) is 442 Å². The Bertz CT molecular complexity index is 1450. The van der Waals surface area contributed by atoms with Gasteiger partial charge >= 0.3 is 5.97 Å². The van der Waals surface area contributed by atoms with E-state index in [1.807, 2.05) is 6.08 Å². The predicted molar refractivity (Wildman–Crippen MR) is 361 cm³/mol. The fourth-order valence-electron chi connectivity index (χ4n) is 12.5. The van der Waals surface area contributed by atoms with Crippen LogP contribution in [0.25, 0.3) is 0 Å². The Morgan fingerprint density at radius 1 is 0.442 bits per heavy atom. The lowest BCUT2D eigenvalue weighted by Gasteiger charge is -2.41. The van der Waals surface area contributed by atoms with Crippen LogP contribution in [-0.2, 0) is 23.8 Å². The van der Waals surface area contributed by atoms with E-state index >= 15 is 0 Å². The van der Waals surface area contributed by atoms with Gasteiger partial charge in [-0.3, -0.25) is 9.59 Å². The molecule has 1 fully saturated rings. The Morgan fingerprint density at radius 2 is 0.756 bits per heavy atom. The molecule has 0 saturated carbocycles. The summed E-state index contributed by atoms with van der Waals surface area (Å²) in [6.45, 7) is 5.87. The number of esters is 1. The number of allylic oxidation sites excluding steroid dienone is 1. The van der Waals surface area contributed by atoms with E-state index in [0.717, 1.165) is 57.8 Å². The Kier molecular flexibility index (Phi) is 60.9. The minimum Gasteiger partial charge on any atom is -0.454 e. The average molecular weight is 1220 g/mol. The Hall–Kier alpha value is -1.60. The topological polar surface area (TPSA) is 175 Å². The zero-order valence-corrected chi connectivity index (χ0v) is 57.0. The molecule has 1 aliphatic rings. The molecule has 8 atom stereocenters. The number of ether oxygens (including phenoxy) is 3. The van der Waals surface area contributed by atoms with E-state index in [1.165, 1.54) is 289 Å². The highest BCUT2D eigenvalue weighted by atomic mass is 16.7. The van der Waals surface area contributed by atoms with Gasteiger partial charge in [0.05, 0.1) is 25.4 Å². The molecule has 1 rings (SSSR count). The SMILES string of the molecule is CCCCCCCCCCCC/C=C/C(O)C(COC1OC(CO)C(O)C(O)C1OC(=O)CCCCCCCCCCCCCCCCCCCCCCCCC)NC(=O)C(O)CCCCCCCCCCCCCCCCCCCCCCCC. The van der Waals surface area contributed by atoms with Gasteiger partial charge in [0, 0.05) is 6.42 Å². The van der Waals surface area contributed by atoms with E-state index in [9.17, 15) is 35.1 Å². The standard InChI is InChI=1S/C75H145NO10/c1-4-7-10-13-16-19-22-25-27-29-31-33-35-37-39-41-43-45-48-51-54-57-60-63-70(80)86-73-72(82)71(81)69(64-77)85-75(73)84-65-66(67(78)61-58-55-52-49-46-24-21-18-15-12-9-6-3)76-74(83)68(79)62-59-56-53-50-47-44-42-40-38-36-34-32-30-28-26-23-20-17-14-11-8-5-2/h58,61,66-69,71-73,75,77-79,81-82H,4-57,59-60,62-65H2,1-3H3,(H,76,83)/b61-58+. The fourth-order valence-corrected chi connectivity index (χ4v) is 12.5. The van der Waals surface area contributed by atoms with Gasteiger partial charge in [-0.15, -0.1) is 0 Å². The summed E-state index contributed by atoms with van der Waals surface area (Å²) in [6, 6.07) is -1.02. The van der Waals surface area contributed by atoms with E-state index in [1.54, 1.807) is 6.08 Å². The summed E-state index contributed by atoms with van der Waals surface area (Å²) in [7, 11) is 0. The second-order valence-electron chi connectivity index (χ2n) is 26.8. The van der Waals surface area contributed by atoms with Crippen molar-refractivity contribution in [1.82, 2.24) is 5.32 Å². The molecule has 1 heterocycles. The van der Waals surface area contributed by atoms with Crippen LogP contribution in [0.2, 0.25) is 0 Å². The first-order valence-electron chi connectivity index (χ1n) is 38.0. The largest absolute Gasteiger partial charge is 0.454 e. The quantitative estimate of drug-likeness (QED) is 0.0195. The number of carbonyl (C=O) groups excluding carboxylic acids is 2. The monoisotopic (exact) mass is 1220 g/mol. The van der Waals surface area contributed by atoms with Crippen molar-refractivity contribution >= 4 is 11.9 Å². The van der Waals surface area contributed by atoms with Crippen molar-refractivity contribution in [3.05, 3.63) is 12.2 Å². The molecule has 1 saturated heterocycles. The third-order valence-electron chi connectivity index (χ3n) is 18.4. The highest BCUT2D eigenvalue weighted by molar-refractivity contribution is 5.80. The lowest BCUT2D eigenvalue weighted by atomic mass is 9.99. The number of nitrogens with one attached hydrogen (secondary N) is 1. The fraction of sp³-hybridized carbons (Fsp3) is 0.947. The molecule has 0 aromatic rings. The van der Waals surface area contributed by atoms with Gasteiger partial charge in [0.15, 0.2) is 12.4 Å². The summed E-state index contributed by atoms with van der Waals surface area (Å²) < 4.78 is 17.7. The van der Waals surface area contributed by atoms with E-state index in [4.69, 9.17) is 14.2 Å². The summed E-state index contributed by atoms with van der Waals surface area (Å²) in [5.74, 6) is -1.17. The van der Waals surface area contributed by atoms with Crippen LogP contribution < -0.4 is 5.32 Å². The number of hydrogen-bond acceptors (Lipinski definition) is 10. The molecule has 0 aromatic carbocycles. The number of hydrogen-bond donors (Lipinski definition) is 6. The first-order valence-corrected chi connectivity index (χ1v) is 38.0. The first kappa shape index (κ1) is 82.4. The molecule has 11 nitrogen and oxygen atoms in total. The van der Waals surface area contributed by atoms with Crippen LogP contribution in [0.3, 0.4) is 0 Å². The summed E-state index contributed by atoms with van der Waals surface area (Å²) in [5.41, 5.74) is 0. The normalized spacial score (nSPS) is 18.3. The van der Waals surface area contributed by atoms with Crippen molar-refractivity contribution in [2.75, 3.05) is 13.2 Å². The van der Waals surface area contributed by atoms with Gasteiger partial charge < -0.3 is 45.1 Å². The lowest BCUT2D eigenvalue weighted by molar-refractivity contribution is -0.305. The van der Waals surface area contributed by atoms with Crippen LogP contribution in [0, 0.1) is 0 Å². The number of aliphatic hydroxyl groups is 5. The molecule has 0 aliphatic carbocycles. The van der Waals surface area contributed by atoms with Gasteiger partial charge in [0.25, 0.3) is 0 Å². The third kappa shape index (κ3) is 50.1. The molecule has 1 aliphatic heterocycles. The zero-order valence-electron chi connectivity index (χ0n) is 57.0. The van der Waals surface area contributed by atoms with Crippen molar-refractivity contribution in [3.63, 3.8) is 0 Å². The molecule has 0 bridgehead atoms. The van der Waals surface area contributed by atoms with Crippen LogP contribution in [0.15, 0.2) is 12.2 Å². The molecule has 86 heavy (non-hydrogen) atoms. The maximum Gasteiger partial charge on any atom is 0.306 e. The molecule has 6 N–H and O–H groups in total. The first-order chi connectivity index (χ1) is 42.2. The van der Waals surface area contributed by atoms with Crippen LogP contribution in [0.5, 0.6) is 0 Å². The molecule has 0 radical (unpaired) electrons. The molecule has 1 amide bonds. The Labute approximate surface area is 531 Å². The van der Waals surface area contributed by atoms with Crippen LogP contribution in [0.1, 0.15) is 393 Å². The van der Waals surface area contributed by atoms with Crippen molar-refractivity contribution < 1.29 is 49.3 Å². The maximum atomic E-state index is 13.5. The number of rotatable bonds is 67. The van der Waals surface area contributed by atoms with Gasteiger partial charge in [-0.1, -0.05) is 373 Å². The van der Waals surface area contributed by atoms with E-state index < -0.39 is 67.4 Å². The summed E-state index contributed by atoms with van der Waals surface area (Å²) >= 11 is 0. The highest BCUT2D eigenvalue weighted by Gasteiger charge is 2.47. The van der Waals surface area contributed by atoms with Gasteiger partial charge in [-0.25, -0.2) is 0 Å². The molecule has 11 heteroatoms. The highest BCUT2D eigenvalue weighted by Crippen LogP contribution is 2.27. The molecule has 510 valence electrons. The third-order valence-corrected chi connectivity index (χ3v) is 18.4. The average Bonchev–Trinajstić information content (AvgIpc) is 2.83. The Balaban J connectivity index is 2.52. The minimum atomic E-state index is -1.61. The second kappa shape index (κ2) is 63.5. The van der Waals surface area contributed by atoms with Crippen LogP contribution in [-0.4, -0.2) is 99.6 Å². The molecular formula is C75H145NO10. The van der Waals surface area contributed by atoms with Gasteiger partial charge in [-0.05, 0) is 25.7 Å². The molecule has 8 unspecified atom stereocenters. The Morgan fingerprint density at radius 3 is 1.09 bits per heavy atom. The summed E-state index contributed by atoms with van der Waals surface area (Å²) in [5, 5.41) is 57.3. The number of carbonyl (C=O) groups is 2. The van der Waals surface area contributed by atoms with Crippen molar-refractivity contribution in [1.29, 1.82) is 0 Å². The van der Waals surface area contributed by atoms with Crippen LogP contribution >= 0.6 is 0 Å². The minimum absolute atomic E-state index is 0.132. The van der Waals surface area contributed by atoms with E-state index in [2.05, 4.69) is 26.1 Å². The summed E-state index contributed by atoms with van der Waals surface area (Å²) in [6.07, 6.45) is 65.5. The number of amides is 1. The van der Waals surface area contributed by atoms with E-state index in [0.29, 0.717) is 19.3 Å². The van der Waals surface area contributed by atoms with Crippen LogP contribution in [0.4, 0.5) is 0 Å². The number of unbranched alkanes of at least 4 members (excludes halogenated alkanes) is 53. The molecule has 0 spiro atoms. The van der Waals surface area contributed by atoms with Gasteiger partial charge in [0.1, 0.15) is 24.4 Å². The van der Waals surface area contributed by atoms with Crippen molar-refractivity contribution in [3.8, 4) is 0 Å². The lowest BCUT2D eigenvalue weighted by Crippen LogP contribution is -2.61. The smallest absolute Gasteiger partial charge is 0.306 e. The molecular weight excluding hydrogens is 1070 g/mol. The van der Waals surface area contributed by atoms with Crippen molar-refractivity contribution in [2.24, 2.45) is 0 Å². The van der Waals surface area contributed by atoms with E-state index in [-0.39, 0.29) is 13.0 Å². The summed E-state index contributed by atoms with van der Waals surface area (Å²) in [4.78, 5) is 26.7. The molecule has 0 aromatic heterocycles. The van der Waals surface area contributed by atoms with Gasteiger partial charge in [0.2, 0.25) is 5.91 Å².